The number of hydrogen-bond donors (Lipinski definition) is 0. The lowest BCUT2D eigenvalue weighted by Gasteiger charge is -2.28. The molecule has 0 amide bonds. The number of rotatable bonds is 6. The van der Waals surface area contributed by atoms with Crippen molar-refractivity contribution < 1.29 is 14.3 Å². The van der Waals surface area contributed by atoms with Crippen LogP contribution in [0, 0.1) is 12.3 Å². The lowest BCUT2D eigenvalue weighted by atomic mass is 9.89. The summed E-state index contributed by atoms with van der Waals surface area (Å²) in [6.45, 7) is 3.37. The van der Waals surface area contributed by atoms with E-state index in [-0.39, 0.29) is 5.97 Å². The Morgan fingerprint density at radius 3 is 2.22 bits per heavy atom. The summed E-state index contributed by atoms with van der Waals surface area (Å²) in [5.41, 5.74) is -0.247. The van der Waals surface area contributed by atoms with Gasteiger partial charge in [-0.05, 0) is 24.3 Å². The molecule has 0 aliphatic heterocycles. The average molecular weight is 308 g/mol. The van der Waals surface area contributed by atoms with Crippen LogP contribution >= 0.6 is 0 Å². The van der Waals surface area contributed by atoms with Gasteiger partial charge in [0.05, 0.1) is 0 Å². The van der Waals surface area contributed by atoms with Gasteiger partial charge in [-0.15, -0.1) is 6.42 Å². The number of para-hydroxylation sites is 1. The quantitative estimate of drug-likeness (QED) is 0.574. The molecule has 2 rings (SSSR count). The normalized spacial score (nSPS) is 12.7. The zero-order chi connectivity index (χ0) is 16.7. The van der Waals surface area contributed by atoms with Gasteiger partial charge in [-0.2, -0.15) is 0 Å². The van der Waals surface area contributed by atoms with Crippen molar-refractivity contribution in [2.45, 2.75) is 32.3 Å². The molecule has 0 aliphatic rings. The summed E-state index contributed by atoms with van der Waals surface area (Å²) in [4.78, 5) is 11.4. The molecule has 0 N–H and O–H groups in total. The van der Waals surface area contributed by atoms with Crippen LogP contribution in [0.15, 0.2) is 54.6 Å². The number of esters is 1. The third kappa shape index (κ3) is 4.14. The van der Waals surface area contributed by atoms with Crippen LogP contribution in [-0.4, -0.2) is 5.97 Å². The molecule has 0 aliphatic carbocycles. The number of carbonyl (C=O) groups is 1. The third-order valence-corrected chi connectivity index (χ3v) is 3.45. The molecule has 0 bridgehead atoms. The van der Waals surface area contributed by atoms with E-state index in [0.29, 0.717) is 12.2 Å². The molecule has 2 aromatic carbocycles. The fraction of sp³-hybridized carbons (Fsp3) is 0.250. The Kier molecular flexibility index (Phi) is 5.43. The Morgan fingerprint density at radius 2 is 1.70 bits per heavy atom. The van der Waals surface area contributed by atoms with E-state index in [9.17, 15) is 4.79 Å². The molecule has 0 saturated heterocycles. The lowest BCUT2D eigenvalue weighted by Crippen LogP contribution is -2.30. The Bertz CT molecular complexity index is 683. The molecule has 1 unspecified atom stereocenters. The van der Waals surface area contributed by atoms with Crippen molar-refractivity contribution in [3.05, 3.63) is 60.2 Å². The number of ether oxygens (including phenoxy) is 2. The Morgan fingerprint density at radius 1 is 1.09 bits per heavy atom. The molecule has 0 aromatic heterocycles. The van der Waals surface area contributed by atoms with E-state index in [1.54, 1.807) is 0 Å². The van der Waals surface area contributed by atoms with Crippen molar-refractivity contribution in [3.8, 4) is 23.8 Å². The fourth-order valence-electron chi connectivity index (χ4n) is 2.45. The van der Waals surface area contributed by atoms with Gasteiger partial charge in [0, 0.05) is 18.9 Å². The first-order valence-corrected chi connectivity index (χ1v) is 7.60. The molecule has 0 heterocycles. The minimum Gasteiger partial charge on any atom is -0.457 e. The first-order chi connectivity index (χ1) is 11.1. The predicted octanol–water partition coefficient (Wildman–Crippen LogP) is 4.67. The Balaban J connectivity index is 2.25. The van der Waals surface area contributed by atoms with Gasteiger partial charge in [0.2, 0.25) is 0 Å². The fourth-order valence-corrected chi connectivity index (χ4v) is 2.45. The zero-order valence-corrected chi connectivity index (χ0v) is 13.4. The molecule has 2 aromatic rings. The maximum atomic E-state index is 11.4. The van der Waals surface area contributed by atoms with Crippen LogP contribution in [0.2, 0.25) is 0 Å². The third-order valence-electron chi connectivity index (χ3n) is 3.45. The summed E-state index contributed by atoms with van der Waals surface area (Å²) in [5, 5.41) is 0. The molecule has 0 spiro atoms. The highest BCUT2D eigenvalue weighted by Gasteiger charge is 2.32. The molecular formula is C20H20O3. The standard InChI is InChI=1S/C20H20O3/c1-4-15-20(5-2,23-16(3)21)17-11-13-19(14-12-17)22-18-9-7-6-8-10-18/h2,6-14H,4,15H2,1,3H3. The van der Waals surface area contributed by atoms with E-state index in [0.717, 1.165) is 17.7 Å². The van der Waals surface area contributed by atoms with E-state index in [2.05, 4.69) is 5.92 Å². The second-order valence-corrected chi connectivity index (χ2v) is 5.25. The van der Waals surface area contributed by atoms with E-state index >= 15 is 0 Å². The first kappa shape index (κ1) is 16.6. The van der Waals surface area contributed by atoms with Gasteiger partial charge in [-0.25, -0.2) is 0 Å². The van der Waals surface area contributed by atoms with E-state index in [1.165, 1.54) is 6.92 Å². The van der Waals surface area contributed by atoms with Crippen molar-refractivity contribution >= 4 is 5.97 Å². The highest BCUT2D eigenvalue weighted by atomic mass is 16.6. The van der Waals surface area contributed by atoms with Crippen LogP contribution in [0.5, 0.6) is 11.5 Å². The smallest absolute Gasteiger partial charge is 0.304 e. The molecule has 0 radical (unpaired) electrons. The minimum atomic E-state index is -1.02. The van der Waals surface area contributed by atoms with Gasteiger partial charge in [-0.1, -0.05) is 49.6 Å². The Labute approximate surface area is 137 Å². The molecule has 0 fully saturated rings. The zero-order valence-electron chi connectivity index (χ0n) is 13.4. The molecule has 0 saturated carbocycles. The van der Waals surface area contributed by atoms with Crippen LogP contribution in [-0.2, 0) is 15.1 Å². The van der Waals surface area contributed by atoms with Gasteiger partial charge >= 0.3 is 5.97 Å². The first-order valence-electron chi connectivity index (χ1n) is 7.60. The van der Waals surface area contributed by atoms with Gasteiger partial charge in [0.15, 0.2) is 5.60 Å². The summed E-state index contributed by atoms with van der Waals surface area (Å²) < 4.78 is 11.2. The van der Waals surface area contributed by atoms with E-state index in [4.69, 9.17) is 15.9 Å². The van der Waals surface area contributed by atoms with Crippen molar-refractivity contribution in [2.24, 2.45) is 0 Å². The van der Waals surface area contributed by atoms with Crippen LogP contribution in [0.25, 0.3) is 0 Å². The lowest BCUT2D eigenvalue weighted by molar-refractivity contribution is -0.153. The van der Waals surface area contributed by atoms with E-state index < -0.39 is 5.60 Å². The molecule has 3 nitrogen and oxygen atoms in total. The highest BCUT2D eigenvalue weighted by molar-refractivity contribution is 5.67. The van der Waals surface area contributed by atoms with Gasteiger partial charge in [0.1, 0.15) is 11.5 Å². The largest absolute Gasteiger partial charge is 0.457 e. The second kappa shape index (κ2) is 7.51. The maximum absolute atomic E-state index is 11.4. The second-order valence-electron chi connectivity index (χ2n) is 5.25. The predicted molar refractivity (Wildman–Crippen MR) is 90.1 cm³/mol. The molecule has 1 atom stereocenters. The van der Waals surface area contributed by atoms with Crippen LogP contribution < -0.4 is 4.74 Å². The van der Waals surface area contributed by atoms with Crippen LogP contribution in [0.3, 0.4) is 0 Å². The Hall–Kier alpha value is -2.73. The molecule has 3 heteroatoms. The number of hydrogen-bond acceptors (Lipinski definition) is 3. The maximum Gasteiger partial charge on any atom is 0.304 e. The summed E-state index contributed by atoms with van der Waals surface area (Å²) >= 11 is 0. The molecule has 23 heavy (non-hydrogen) atoms. The molecule has 118 valence electrons. The monoisotopic (exact) mass is 308 g/mol. The summed E-state index contributed by atoms with van der Waals surface area (Å²) in [5.74, 6) is 3.72. The van der Waals surface area contributed by atoms with Crippen molar-refractivity contribution in [3.63, 3.8) is 0 Å². The summed E-state index contributed by atoms with van der Waals surface area (Å²) in [6.07, 6.45) is 7.05. The van der Waals surface area contributed by atoms with Crippen molar-refractivity contribution in [2.75, 3.05) is 0 Å². The van der Waals surface area contributed by atoms with Crippen LogP contribution in [0.4, 0.5) is 0 Å². The number of benzene rings is 2. The van der Waals surface area contributed by atoms with Crippen LogP contribution in [0.1, 0.15) is 32.3 Å². The van der Waals surface area contributed by atoms with Crippen molar-refractivity contribution in [1.82, 2.24) is 0 Å². The van der Waals surface area contributed by atoms with Gasteiger partial charge in [0.25, 0.3) is 0 Å². The highest BCUT2D eigenvalue weighted by Crippen LogP contribution is 2.32. The van der Waals surface area contributed by atoms with Gasteiger partial charge in [-0.3, -0.25) is 4.79 Å². The summed E-state index contributed by atoms with van der Waals surface area (Å²) in [6, 6.07) is 16.9. The molecular weight excluding hydrogens is 288 g/mol. The minimum absolute atomic E-state index is 0.388. The number of terminal acetylenes is 1. The average Bonchev–Trinajstić information content (AvgIpc) is 2.55. The summed E-state index contributed by atoms with van der Waals surface area (Å²) in [7, 11) is 0. The SMILES string of the molecule is C#CC(CCC)(OC(C)=O)c1ccc(Oc2ccccc2)cc1. The number of carbonyl (C=O) groups excluding carboxylic acids is 1. The van der Waals surface area contributed by atoms with E-state index in [1.807, 2.05) is 61.5 Å². The van der Waals surface area contributed by atoms with Crippen molar-refractivity contribution in [1.29, 1.82) is 0 Å². The topological polar surface area (TPSA) is 35.5 Å². The van der Waals surface area contributed by atoms with Gasteiger partial charge < -0.3 is 9.47 Å².